The molecule has 4 N–H and O–H groups in total. The third-order valence-electron chi connectivity index (χ3n) is 4.78. The highest BCUT2D eigenvalue weighted by Gasteiger charge is 2.19. The first kappa shape index (κ1) is 34.3. The molecule has 0 aliphatic rings. The third-order valence-corrected chi connectivity index (χ3v) is 5.55. The topological polar surface area (TPSA) is 120 Å². The van der Waals surface area contributed by atoms with Gasteiger partial charge >= 0.3 is 7.82 Å². The Bertz CT molecular complexity index is 445. The average Bonchev–Trinajstić information content (AvgIpc) is 2.78. The first-order valence-corrected chi connectivity index (χ1v) is 14.0. The zero-order chi connectivity index (χ0) is 25.0. The molecule has 0 amide bonds. The van der Waals surface area contributed by atoms with E-state index in [0.717, 1.165) is 25.7 Å². The molecule has 0 spiro atoms. The van der Waals surface area contributed by atoms with Gasteiger partial charge in [-0.25, -0.2) is 4.57 Å². The summed E-state index contributed by atoms with van der Waals surface area (Å²) in [6.07, 6.45) is 19.8. The van der Waals surface area contributed by atoms with E-state index in [9.17, 15) is 9.46 Å². The minimum absolute atomic E-state index is 0.0694. The van der Waals surface area contributed by atoms with Gasteiger partial charge in [-0.3, -0.25) is 9.79 Å². The summed E-state index contributed by atoms with van der Waals surface area (Å²) in [7, 11) is -4.00. The molecule has 0 aliphatic carbocycles. The summed E-state index contributed by atoms with van der Waals surface area (Å²) in [6.45, 7) is 6.13. The van der Waals surface area contributed by atoms with Crippen LogP contribution in [0, 0.1) is 0 Å². The molecule has 0 radical (unpaired) electrons. The number of rotatable bonds is 22. The Hall–Kier alpha value is -0.890. The maximum atomic E-state index is 11.6. The van der Waals surface area contributed by atoms with Crippen molar-refractivity contribution in [3.05, 3.63) is 24.7 Å². The molecular weight excluding hydrogens is 445 g/mol. The molecule has 0 aromatic heterocycles. The summed E-state index contributed by atoms with van der Waals surface area (Å²) in [5.41, 5.74) is 0. The van der Waals surface area contributed by atoms with E-state index >= 15 is 0 Å². The summed E-state index contributed by atoms with van der Waals surface area (Å²) in [5, 5.41) is 25.5. The van der Waals surface area contributed by atoms with Crippen LogP contribution in [0.2, 0.25) is 0 Å². The minimum atomic E-state index is -4.00. The number of allylic oxidation sites excluding steroid dienone is 2. The number of phosphoric ester groups is 1. The maximum absolute atomic E-state index is 11.6. The van der Waals surface area contributed by atoms with Crippen molar-refractivity contribution >= 4 is 7.82 Å². The molecule has 9 heteroatoms. The first-order valence-electron chi connectivity index (χ1n) is 12.5. The van der Waals surface area contributed by atoms with Crippen LogP contribution in [0.4, 0.5) is 0 Å². The second-order valence-electron chi connectivity index (χ2n) is 7.84. The van der Waals surface area contributed by atoms with Crippen molar-refractivity contribution in [1.29, 1.82) is 0 Å². The number of phosphoric acid groups is 1. The van der Waals surface area contributed by atoms with E-state index in [2.05, 4.69) is 13.8 Å². The molecule has 0 saturated heterocycles. The fraction of sp³-hybridized carbons (Fsp3) is 0.833. The van der Waals surface area contributed by atoms with Crippen molar-refractivity contribution < 1.29 is 33.8 Å². The van der Waals surface area contributed by atoms with Gasteiger partial charge in [0.05, 0.1) is 32.3 Å². The molecule has 0 fully saturated rings. The SMILES string of the molecule is CCCCCCCC=COP(=O)(O)OC=CCCCCCCC.OCCN(CCO)CCO. The first-order chi connectivity index (χ1) is 16.0. The predicted molar refractivity (Wildman–Crippen MR) is 135 cm³/mol. The Kier molecular flexibility index (Phi) is 28.4. The smallest absolute Gasteiger partial charge is 0.404 e. The number of nitrogens with zero attached hydrogens (tertiary/aromatic N) is 1. The van der Waals surface area contributed by atoms with Crippen LogP contribution in [0.5, 0.6) is 0 Å². The molecule has 0 saturated carbocycles. The van der Waals surface area contributed by atoms with Gasteiger partial charge in [-0.2, -0.15) is 0 Å². The van der Waals surface area contributed by atoms with Crippen LogP contribution in [0.3, 0.4) is 0 Å². The Labute approximate surface area is 201 Å². The lowest BCUT2D eigenvalue weighted by molar-refractivity contribution is 0.136. The van der Waals surface area contributed by atoms with Gasteiger partial charge in [0.2, 0.25) is 0 Å². The highest BCUT2D eigenvalue weighted by Crippen LogP contribution is 2.43. The number of aliphatic hydroxyl groups is 3. The van der Waals surface area contributed by atoms with Gasteiger partial charge in [0.25, 0.3) is 0 Å². The van der Waals surface area contributed by atoms with Crippen LogP contribution >= 0.6 is 7.82 Å². The Balaban J connectivity index is 0. The highest BCUT2D eigenvalue weighted by atomic mass is 31.2. The average molecular weight is 496 g/mol. The standard InChI is InChI=1S/C18H35O4P.C6H15NO3/c1-3-5-7-9-11-13-15-17-21-23(19,20)22-18-16-14-12-10-8-6-4-2;8-4-1-7(2-5-9)3-6-10/h15-18H,3-14H2,1-2H3,(H,19,20);8-10H,1-6H2. The van der Waals surface area contributed by atoms with Crippen LogP contribution in [0.25, 0.3) is 0 Å². The van der Waals surface area contributed by atoms with E-state index in [0.29, 0.717) is 19.6 Å². The van der Waals surface area contributed by atoms with Crippen molar-refractivity contribution in [1.82, 2.24) is 4.90 Å². The van der Waals surface area contributed by atoms with E-state index in [1.807, 2.05) is 0 Å². The highest BCUT2D eigenvalue weighted by molar-refractivity contribution is 7.47. The van der Waals surface area contributed by atoms with E-state index < -0.39 is 7.82 Å². The van der Waals surface area contributed by atoms with Gasteiger partial charge in [0.1, 0.15) is 0 Å². The molecule has 0 bridgehead atoms. The molecule has 0 aromatic carbocycles. The molecular formula is C24H50NO7P. The molecule has 0 aliphatic heterocycles. The fourth-order valence-corrected chi connectivity index (χ4v) is 3.42. The van der Waals surface area contributed by atoms with Crippen molar-refractivity contribution in [3.8, 4) is 0 Å². The van der Waals surface area contributed by atoms with Crippen molar-refractivity contribution in [2.75, 3.05) is 39.5 Å². The molecule has 0 atom stereocenters. The summed E-state index contributed by atoms with van der Waals surface area (Å²) >= 11 is 0. The summed E-state index contributed by atoms with van der Waals surface area (Å²) in [5.74, 6) is 0. The second kappa shape index (κ2) is 27.4. The molecule has 33 heavy (non-hydrogen) atoms. The summed E-state index contributed by atoms with van der Waals surface area (Å²) < 4.78 is 21.1. The van der Waals surface area contributed by atoms with Gasteiger partial charge < -0.3 is 24.4 Å². The Morgan fingerprint density at radius 1 is 0.667 bits per heavy atom. The van der Waals surface area contributed by atoms with Gasteiger partial charge in [0, 0.05) is 19.6 Å². The fourth-order valence-electron chi connectivity index (χ4n) is 2.89. The van der Waals surface area contributed by atoms with Crippen LogP contribution in [0.1, 0.15) is 90.9 Å². The normalized spacial score (nSPS) is 13.3. The third kappa shape index (κ3) is 29.1. The quantitative estimate of drug-likeness (QED) is 0.0927. The summed E-state index contributed by atoms with van der Waals surface area (Å²) in [6, 6.07) is 0. The lowest BCUT2D eigenvalue weighted by atomic mass is 10.1. The van der Waals surface area contributed by atoms with Crippen LogP contribution in [0.15, 0.2) is 24.7 Å². The monoisotopic (exact) mass is 495 g/mol. The number of unbranched alkanes of at least 4 members (excludes halogenated alkanes) is 10. The van der Waals surface area contributed by atoms with Gasteiger partial charge in [0.15, 0.2) is 0 Å². The number of hydrogen-bond donors (Lipinski definition) is 4. The minimum Gasteiger partial charge on any atom is -0.404 e. The molecule has 8 nitrogen and oxygen atoms in total. The number of aliphatic hydroxyl groups excluding tert-OH is 3. The van der Waals surface area contributed by atoms with Crippen molar-refractivity contribution in [2.45, 2.75) is 90.9 Å². The molecule has 0 unspecified atom stereocenters. The lowest BCUT2D eigenvalue weighted by Crippen LogP contribution is -2.32. The Morgan fingerprint density at radius 3 is 1.36 bits per heavy atom. The lowest BCUT2D eigenvalue weighted by Gasteiger charge is -2.17. The zero-order valence-electron chi connectivity index (χ0n) is 20.9. The van der Waals surface area contributed by atoms with E-state index in [-0.39, 0.29) is 19.8 Å². The summed E-state index contributed by atoms with van der Waals surface area (Å²) in [4.78, 5) is 11.3. The van der Waals surface area contributed by atoms with Crippen molar-refractivity contribution in [2.24, 2.45) is 0 Å². The van der Waals surface area contributed by atoms with Crippen LogP contribution in [-0.2, 0) is 13.6 Å². The van der Waals surface area contributed by atoms with Gasteiger partial charge in [-0.1, -0.05) is 65.2 Å². The van der Waals surface area contributed by atoms with E-state index in [1.165, 1.54) is 63.9 Å². The van der Waals surface area contributed by atoms with E-state index in [1.54, 1.807) is 17.1 Å². The molecule has 198 valence electrons. The maximum Gasteiger partial charge on any atom is 0.583 e. The van der Waals surface area contributed by atoms with Gasteiger partial charge in [-0.05, 0) is 37.8 Å². The van der Waals surface area contributed by atoms with Crippen molar-refractivity contribution in [3.63, 3.8) is 0 Å². The van der Waals surface area contributed by atoms with Crippen LogP contribution < -0.4 is 0 Å². The molecule has 0 rings (SSSR count). The number of hydrogen-bond acceptors (Lipinski definition) is 7. The second-order valence-corrected chi connectivity index (χ2v) is 9.20. The van der Waals surface area contributed by atoms with E-state index in [4.69, 9.17) is 24.4 Å². The van der Waals surface area contributed by atoms with Crippen LogP contribution in [-0.4, -0.2) is 64.6 Å². The van der Waals surface area contributed by atoms with Gasteiger partial charge in [-0.15, -0.1) is 0 Å². The largest absolute Gasteiger partial charge is 0.583 e. The molecule has 0 heterocycles. The molecule has 0 aromatic rings. The Morgan fingerprint density at radius 2 is 1.03 bits per heavy atom. The zero-order valence-corrected chi connectivity index (χ0v) is 21.8. The predicted octanol–water partition coefficient (Wildman–Crippen LogP) is 5.13.